The molecule has 6 nitrogen and oxygen atoms in total. The maximum Gasteiger partial charge on any atom is 0.267 e. The number of amides is 2. The number of anilines is 1. The van der Waals surface area contributed by atoms with Gasteiger partial charge in [0.15, 0.2) is 0 Å². The van der Waals surface area contributed by atoms with Gasteiger partial charge < -0.3 is 9.73 Å². The van der Waals surface area contributed by atoms with Crippen LogP contribution in [0.2, 0.25) is 5.02 Å². The number of hydrazone groups is 1. The zero-order valence-corrected chi connectivity index (χ0v) is 12.9. The molecule has 0 saturated heterocycles. The second-order valence-electron chi connectivity index (χ2n) is 4.99. The number of rotatable bonds is 4. The molecule has 1 aromatic heterocycles. The van der Waals surface area contributed by atoms with E-state index in [1.807, 2.05) is 0 Å². The van der Waals surface area contributed by atoms with Gasteiger partial charge in [0.05, 0.1) is 18.5 Å². The van der Waals surface area contributed by atoms with E-state index in [-0.39, 0.29) is 24.8 Å². The van der Waals surface area contributed by atoms with E-state index in [2.05, 4.69) is 10.4 Å². The molecular weight excluding hydrogens is 318 g/mol. The molecule has 0 fully saturated rings. The van der Waals surface area contributed by atoms with E-state index in [1.54, 1.807) is 42.7 Å². The summed E-state index contributed by atoms with van der Waals surface area (Å²) in [5.74, 6) is 0.183. The molecule has 0 saturated carbocycles. The van der Waals surface area contributed by atoms with E-state index < -0.39 is 0 Å². The van der Waals surface area contributed by atoms with Gasteiger partial charge in [-0.3, -0.25) is 9.59 Å². The summed E-state index contributed by atoms with van der Waals surface area (Å²) in [4.78, 5) is 24.2. The van der Waals surface area contributed by atoms with Crippen molar-refractivity contribution in [1.29, 1.82) is 0 Å². The van der Waals surface area contributed by atoms with Crippen molar-refractivity contribution < 1.29 is 14.0 Å². The highest BCUT2D eigenvalue weighted by Crippen LogP contribution is 2.22. The van der Waals surface area contributed by atoms with E-state index in [0.29, 0.717) is 28.6 Å². The van der Waals surface area contributed by atoms with Gasteiger partial charge in [-0.1, -0.05) is 11.6 Å². The maximum absolute atomic E-state index is 12.2. The molecule has 0 spiro atoms. The lowest BCUT2D eigenvalue weighted by Crippen LogP contribution is -2.38. The van der Waals surface area contributed by atoms with Crippen LogP contribution in [0.1, 0.15) is 18.6 Å². The van der Waals surface area contributed by atoms with Gasteiger partial charge in [0.2, 0.25) is 5.91 Å². The van der Waals surface area contributed by atoms with Crippen molar-refractivity contribution in [3.8, 4) is 0 Å². The molecule has 23 heavy (non-hydrogen) atoms. The van der Waals surface area contributed by atoms with Crippen molar-refractivity contribution in [2.75, 3.05) is 5.01 Å². The third-order valence-electron chi connectivity index (χ3n) is 3.37. The van der Waals surface area contributed by atoms with Crippen molar-refractivity contribution >= 4 is 34.8 Å². The molecule has 1 aliphatic heterocycles. The number of nitrogens with one attached hydrogen (secondary N) is 1. The predicted molar refractivity (Wildman–Crippen MR) is 86.2 cm³/mol. The van der Waals surface area contributed by atoms with Crippen LogP contribution in [0.25, 0.3) is 0 Å². The lowest BCUT2D eigenvalue weighted by molar-refractivity contribution is -0.119. The first-order chi connectivity index (χ1) is 11.1. The summed E-state index contributed by atoms with van der Waals surface area (Å²) in [5.41, 5.74) is 0.890. The number of hydrogen-bond donors (Lipinski definition) is 1. The van der Waals surface area contributed by atoms with Crippen LogP contribution < -0.4 is 10.3 Å². The van der Waals surface area contributed by atoms with Crippen LogP contribution in [0.4, 0.5) is 5.69 Å². The molecule has 7 heteroatoms. The molecule has 1 aromatic carbocycles. The van der Waals surface area contributed by atoms with E-state index in [4.69, 9.17) is 16.0 Å². The molecule has 0 unspecified atom stereocenters. The average Bonchev–Trinajstić information content (AvgIpc) is 3.07. The fraction of sp³-hybridized carbons (Fsp3) is 0.188. The molecule has 1 aliphatic rings. The first-order valence-corrected chi connectivity index (χ1v) is 7.48. The minimum atomic E-state index is -0.312. The van der Waals surface area contributed by atoms with Crippen LogP contribution in [0.15, 0.2) is 52.2 Å². The summed E-state index contributed by atoms with van der Waals surface area (Å²) in [7, 11) is 0. The lowest BCUT2D eigenvalue weighted by Gasteiger charge is -2.23. The average molecular weight is 332 g/mol. The molecule has 118 valence electrons. The Balaban J connectivity index is 1.73. The van der Waals surface area contributed by atoms with Crippen LogP contribution in [-0.2, 0) is 16.1 Å². The fourth-order valence-electron chi connectivity index (χ4n) is 2.18. The molecule has 2 heterocycles. The molecular formula is C16H14ClN3O3. The molecule has 0 radical (unpaired) electrons. The van der Waals surface area contributed by atoms with Gasteiger partial charge in [0.1, 0.15) is 11.5 Å². The second-order valence-corrected chi connectivity index (χ2v) is 5.43. The van der Waals surface area contributed by atoms with E-state index >= 15 is 0 Å². The summed E-state index contributed by atoms with van der Waals surface area (Å²) < 4.78 is 5.16. The van der Waals surface area contributed by atoms with Gasteiger partial charge in [-0.2, -0.15) is 5.10 Å². The topological polar surface area (TPSA) is 74.9 Å². The number of carbonyl (C=O) groups is 2. The van der Waals surface area contributed by atoms with E-state index in [1.165, 1.54) is 5.01 Å². The van der Waals surface area contributed by atoms with Crippen LogP contribution in [-0.4, -0.2) is 17.5 Å². The number of furan rings is 1. The monoisotopic (exact) mass is 331 g/mol. The predicted octanol–water partition coefficient (Wildman–Crippen LogP) is 2.73. The Morgan fingerprint density at radius 2 is 2.04 bits per heavy atom. The maximum atomic E-state index is 12.2. The highest BCUT2D eigenvalue weighted by molar-refractivity contribution is 6.40. The van der Waals surface area contributed by atoms with Gasteiger partial charge in [-0.05, 0) is 36.4 Å². The van der Waals surface area contributed by atoms with Gasteiger partial charge in [0.25, 0.3) is 5.91 Å². The highest BCUT2D eigenvalue weighted by Gasteiger charge is 2.25. The van der Waals surface area contributed by atoms with Crippen LogP contribution >= 0.6 is 11.6 Å². The number of nitrogens with zero attached hydrogens (tertiary/aromatic N) is 2. The molecule has 0 atom stereocenters. The molecule has 3 rings (SSSR count). The van der Waals surface area contributed by atoms with Crippen molar-refractivity contribution in [2.24, 2.45) is 5.10 Å². The summed E-state index contributed by atoms with van der Waals surface area (Å²) in [6.07, 6.45) is 2.09. The Morgan fingerprint density at radius 3 is 2.74 bits per heavy atom. The SMILES string of the molecule is O=C(NCc1ccco1)C1=NN(c2ccc(Cl)cc2)C(=O)CC1. The first kappa shape index (κ1) is 15.3. The van der Waals surface area contributed by atoms with Crippen molar-refractivity contribution in [2.45, 2.75) is 19.4 Å². The Morgan fingerprint density at radius 1 is 1.26 bits per heavy atom. The smallest absolute Gasteiger partial charge is 0.267 e. The van der Waals surface area contributed by atoms with Gasteiger partial charge in [-0.15, -0.1) is 0 Å². The highest BCUT2D eigenvalue weighted by atomic mass is 35.5. The normalized spacial score (nSPS) is 14.6. The second kappa shape index (κ2) is 6.66. The van der Waals surface area contributed by atoms with E-state index in [9.17, 15) is 9.59 Å². The van der Waals surface area contributed by atoms with Gasteiger partial charge in [-0.25, -0.2) is 5.01 Å². The minimum absolute atomic E-state index is 0.157. The quantitative estimate of drug-likeness (QED) is 0.936. The Bertz CT molecular complexity index is 738. The standard InChI is InChI=1S/C16H14ClN3O3/c17-11-3-5-12(6-4-11)20-15(21)8-7-14(19-20)16(22)18-10-13-2-1-9-23-13/h1-6,9H,7-8,10H2,(H,18,22). The zero-order valence-electron chi connectivity index (χ0n) is 12.2. The Kier molecular flexibility index (Phi) is 4.43. The molecule has 0 aliphatic carbocycles. The molecule has 2 amide bonds. The summed E-state index contributed by atoms with van der Waals surface area (Å²) in [6, 6.07) is 10.2. The van der Waals surface area contributed by atoms with Crippen molar-refractivity contribution in [3.63, 3.8) is 0 Å². The van der Waals surface area contributed by atoms with Gasteiger partial charge in [0, 0.05) is 17.9 Å². The summed E-state index contributed by atoms with van der Waals surface area (Å²) in [5, 5.41) is 8.71. The molecule has 0 bridgehead atoms. The van der Waals surface area contributed by atoms with Crippen LogP contribution in [0.5, 0.6) is 0 Å². The zero-order chi connectivity index (χ0) is 16.2. The van der Waals surface area contributed by atoms with Crippen LogP contribution in [0.3, 0.4) is 0 Å². The number of halogens is 1. The number of carbonyl (C=O) groups excluding carboxylic acids is 2. The molecule has 1 N–H and O–H groups in total. The Labute approximate surface area is 137 Å². The van der Waals surface area contributed by atoms with E-state index in [0.717, 1.165) is 0 Å². The lowest BCUT2D eigenvalue weighted by atomic mass is 10.1. The fourth-order valence-corrected chi connectivity index (χ4v) is 2.31. The van der Waals surface area contributed by atoms with Crippen molar-refractivity contribution in [1.82, 2.24) is 5.32 Å². The molecule has 2 aromatic rings. The third kappa shape index (κ3) is 3.60. The Hall–Kier alpha value is -2.60. The summed E-state index contributed by atoms with van der Waals surface area (Å²) in [6.45, 7) is 0.278. The first-order valence-electron chi connectivity index (χ1n) is 7.10. The number of benzene rings is 1. The summed E-state index contributed by atoms with van der Waals surface area (Å²) >= 11 is 5.84. The van der Waals surface area contributed by atoms with Crippen LogP contribution in [0, 0.1) is 0 Å². The minimum Gasteiger partial charge on any atom is -0.467 e. The van der Waals surface area contributed by atoms with Crippen molar-refractivity contribution in [3.05, 3.63) is 53.4 Å². The van der Waals surface area contributed by atoms with Gasteiger partial charge >= 0.3 is 0 Å². The number of hydrogen-bond acceptors (Lipinski definition) is 4. The largest absolute Gasteiger partial charge is 0.467 e. The third-order valence-corrected chi connectivity index (χ3v) is 3.62.